The van der Waals surface area contributed by atoms with Crippen molar-refractivity contribution in [2.24, 2.45) is 10.7 Å². The average Bonchev–Trinajstić information content (AvgIpc) is 2.03. The first kappa shape index (κ1) is 8.71. The molecule has 0 aliphatic heterocycles. The molecule has 64 valence electrons. The largest absolute Gasteiger partial charge is 0.388 e. The van der Waals surface area contributed by atoms with Crippen molar-refractivity contribution in [2.45, 2.75) is 20.4 Å². The molecule has 0 amide bonds. The third-order valence-corrected chi connectivity index (χ3v) is 1.48. The second-order valence-corrected chi connectivity index (χ2v) is 2.77. The molecule has 0 aliphatic rings. The predicted molar refractivity (Wildman–Crippen MR) is 50.0 cm³/mol. The summed E-state index contributed by atoms with van der Waals surface area (Å²) in [6.45, 7) is 4.36. The summed E-state index contributed by atoms with van der Waals surface area (Å²) in [4.78, 5) is 8.23. The standard InChI is InChI=1S/C9H13N3/c1-7-3-4-9(5-11-7)6-12-8(2)10/h3-5H,6H2,1-2H3,(H2,10,12). The van der Waals surface area contributed by atoms with Crippen LogP contribution in [0, 0.1) is 6.92 Å². The first-order valence-electron chi connectivity index (χ1n) is 3.86. The summed E-state index contributed by atoms with van der Waals surface area (Å²) in [6.07, 6.45) is 1.82. The second kappa shape index (κ2) is 3.85. The van der Waals surface area contributed by atoms with Crippen molar-refractivity contribution >= 4 is 5.84 Å². The fraction of sp³-hybridized carbons (Fsp3) is 0.333. The Balaban J connectivity index is 2.65. The fourth-order valence-corrected chi connectivity index (χ4v) is 0.808. The summed E-state index contributed by atoms with van der Waals surface area (Å²) in [6, 6.07) is 3.98. The van der Waals surface area contributed by atoms with E-state index in [0.717, 1.165) is 11.3 Å². The van der Waals surface area contributed by atoms with Gasteiger partial charge in [0.15, 0.2) is 0 Å². The lowest BCUT2D eigenvalue weighted by molar-refractivity contribution is 1.03. The molecule has 0 fully saturated rings. The lowest BCUT2D eigenvalue weighted by atomic mass is 10.2. The van der Waals surface area contributed by atoms with Crippen molar-refractivity contribution in [1.29, 1.82) is 0 Å². The van der Waals surface area contributed by atoms with E-state index in [1.807, 2.05) is 25.3 Å². The number of rotatable bonds is 2. The molecule has 0 aromatic carbocycles. The molecule has 0 aliphatic carbocycles. The highest BCUT2D eigenvalue weighted by atomic mass is 14.8. The third kappa shape index (κ3) is 2.70. The van der Waals surface area contributed by atoms with Gasteiger partial charge >= 0.3 is 0 Å². The minimum atomic E-state index is 0.607. The Morgan fingerprint density at radius 1 is 1.58 bits per heavy atom. The molecule has 1 heterocycles. The van der Waals surface area contributed by atoms with Gasteiger partial charge in [0.05, 0.1) is 12.4 Å². The summed E-state index contributed by atoms with van der Waals surface area (Å²) >= 11 is 0. The van der Waals surface area contributed by atoms with Crippen molar-refractivity contribution in [3.8, 4) is 0 Å². The number of nitrogens with zero attached hydrogens (tertiary/aromatic N) is 2. The number of nitrogens with two attached hydrogens (primary N) is 1. The van der Waals surface area contributed by atoms with Crippen LogP contribution in [0.5, 0.6) is 0 Å². The van der Waals surface area contributed by atoms with Gasteiger partial charge in [-0.1, -0.05) is 6.07 Å². The minimum absolute atomic E-state index is 0.607. The zero-order valence-electron chi connectivity index (χ0n) is 7.41. The van der Waals surface area contributed by atoms with Crippen molar-refractivity contribution in [3.63, 3.8) is 0 Å². The summed E-state index contributed by atoms with van der Waals surface area (Å²) in [7, 11) is 0. The molecule has 2 N–H and O–H groups in total. The Kier molecular flexibility index (Phi) is 2.80. The van der Waals surface area contributed by atoms with E-state index in [1.165, 1.54) is 0 Å². The van der Waals surface area contributed by atoms with Gasteiger partial charge in [-0.15, -0.1) is 0 Å². The molecule has 1 aromatic rings. The van der Waals surface area contributed by atoms with E-state index in [-0.39, 0.29) is 0 Å². The van der Waals surface area contributed by atoms with Crippen LogP contribution in [0.4, 0.5) is 0 Å². The smallest absolute Gasteiger partial charge is 0.0909 e. The molecular formula is C9H13N3. The number of hydrogen-bond donors (Lipinski definition) is 1. The van der Waals surface area contributed by atoms with Gasteiger partial charge in [0.2, 0.25) is 0 Å². The number of aromatic nitrogens is 1. The van der Waals surface area contributed by atoms with Gasteiger partial charge in [0.25, 0.3) is 0 Å². The monoisotopic (exact) mass is 163 g/mol. The van der Waals surface area contributed by atoms with Crippen LogP contribution in [-0.2, 0) is 6.54 Å². The summed E-state index contributed by atoms with van der Waals surface area (Å²) in [5, 5.41) is 0. The Morgan fingerprint density at radius 3 is 2.83 bits per heavy atom. The van der Waals surface area contributed by atoms with Gasteiger partial charge in [0, 0.05) is 11.9 Å². The van der Waals surface area contributed by atoms with Crippen LogP contribution in [-0.4, -0.2) is 10.8 Å². The predicted octanol–water partition coefficient (Wildman–Crippen LogP) is 1.27. The van der Waals surface area contributed by atoms with E-state index < -0.39 is 0 Å². The quantitative estimate of drug-likeness (QED) is 0.527. The Morgan fingerprint density at radius 2 is 2.33 bits per heavy atom. The summed E-state index contributed by atoms with van der Waals surface area (Å²) in [5.74, 6) is 0.607. The highest BCUT2D eigenvalue weighted by Crippen LogP contribution is 2.00. The first-order chi connectivity index (χ1) is 5.68. The topological polar surface area (TPSA) is 51.3 Å². The number of aliphatic imine (C=N–C) groups is 1. The third-order valence-electron chi connectivity index (χ3n) is 1.48. The van der Waals surface area contributed by atoms with E-state index in [2.05, 4.69) is 9.98 Å². The first-order valence-corrected chi connectivity index (χ1v) is 3.86. The second-order valence-electron chi connectivity index (χ2n) is 2.77. The lowest BCUT2D eigenvalue weighted by Gasteiger charge is -1.96. The number of hydrogen-bond acceptors (Lipinski definition) is 2. The molecule has 0 saturated carbocycles. The average molecular weight is 163 g/mol. The van der Waals surface area contributed by atoms with Crippen molar-refractivity contribution in [1.82, 2.24) is 4.98 Å². The van der Waals surface area contributed by atoms with Crippen molar-refractivity contribution in [2.75, 3.05) is 0 Å². The molecule has 12 heavy (non-hydrogen) atoms. The molecule has 0 saturated heterocycles. The lowest BCUT2D eigenvalue weighted by Crippen LogP contribution is -2.05. The summed E-state index contributed by atoms with van der Waals surface area (Å²) < 4.78 is 0. The van der Waals surface area contributed by atoms with Gasteiger partial charge in [-0.3, -0.25) is 9.98 Å². The van der Waals surface area contributed by atoms with Crippen LogP contribution in [0.25, 0.3) is 0 Å². The van der Waals surface area contributed by atoms with E-state index in [9.17, 15) is 0 Å². The maximum absolute atomic E-state index is 5.40. The Hall–Kier alpha value is -1.38. The van der Waals surface area contributed by atoms with E-state index in [1.54, 1.807) is 6.92 Å². The molecule has 0 unspecified atom stereocenters. The van der Waals surface area contributed by atoms with Crippen LogP contribution in [0.15, 0.2) is 23.3 Å². The Labute approximate surface area is 72.3 Å². The molecule has 0 atom stereocenters. The van der Waals surface area contributed by atoms with Crippen molar-refractivity contribution < 1.29 is 0 Å². The minimum Gasteiger partial charge on any atom is -0.388 e. The number of aryl methyl sites for hydroxylation is 1. The molecule has 1 rings (SSSR count). The zero-order chi connectivity index (χ0) is 8.97. The van der Waals surface area contributed by atoms with Gasteiger partial charge < -0.3 is 5.73 Å². The molecule has 0 radical (unpaired) electrons. The Bertz CT molecular complexity index is 270. The number of pyridine rings is 1. The molecule has 3 nitrogen and oxygen atoms in total. The SMILES string of the molecule is CC(N)=NCc1ccc(C)nc1. The molecule has 0 bridgehead atoms. The van der Waals surface area contributed by atoms with E-state index in [0.29, 0.717) is 12.4 Å². The molecular weight excluding hydrogens is 150 g/mol. The normalized spacial score (nSPS) is 11.7. The molecule has 3 heteroatoms. The van der Waals surface area contributed by atoms with Crippen LogP contribution < -0.4 is 5.73 Å². The number of amidine groups is 1. The summed E-state index contributed by atoms with van der Waals surface area (Å²) in [5.41, 5.74) is 7.51. The molecule has 0 spiro atoms. The molecule has 1 aromatic heterocycles. The van der Waals surface area contributed by atoms with Crippen LogP contribution in [0.3, 0.4) is 0 Å². The van der Waals surface area contributed by atoms with Crippen molar-refractivity contribution in [3.05, 3.63) is 29.6 Å². The van der Waals surface area contributed by atoms with Gasteiger partial charge in [0.1, 0.15) is 0 Å². The van der Waals surface area contributed by atoms with Gasteiger partial charge in [-0.25, -0.2) is 0 Å². The highest BCUT2D eigenvalue weighted by molar-refractivity contribution is 5.77. The van der Waals surface area contributed by atoms with Crippen LogP contribution in [0.1, 0.15) is 18.2 Å². The van der Waals surface area contributed by atoms with Gasteiger partial charge in [-0.05, 0) is 25.5 Å². The van der Waals surface area contributed by atoms with E-state index >= 15 is 0 Å². The highest BCUT2D eigenvalue weighted by Gasteiger charge is 1.90. The fourth-order valence-electron chi connectivity index (χ4n) is 0.808. The van der Waals surface area contributed by atoms with E-state index in [4.69, 9.17) is 5.73 Å². The van der Waals surface area contributed by atoms with Gasteiger partial charge in [-0.2, -0.15) is 0 Å². The zero-order valence-corrected chi connectivity index (χ0v) is 7.41. The maximum atomic E-state index is 5.40. The van der Waals surface area contributed by atoms with Crippen LogP contribution >= 0.6 is 0 Å². The van der Waals surface area contributed by atoms with Crippen LogP contribution in [0.2, 0.25) is 0 Å². The maximum Gasteiger partial charge on any atom is 0.0909 e.